The van der Waals surface area contributed by atoms with Crippen molar-refractivity contribution in [2.45, 2.75) is 68.8 Å². The highest BCUT2D eigenvalue weighted by atomic mass is 16.6. The fourth-order valence-electron chi connectivity index (χ4n) is 8.35. The van der Waals surface area contributed by atoms with Crippen LogP contribution in [0, 0.1) is 11.3 Å². The summed E-state index contributed by atoms with van der Waals surface area (Å²) in [6.45, 7) is 2.75. The van der Waals surface area contributed by atoms with E-state index in [2.05, 4.69) is 18.0 Å². The van der Waals surface area contributed by atoms with Crippen LogP contribution in [-0.2, 0) is 28.0 Å². The van der Waals surface area contributed by atoms with Gasteiger partial charge in [0.1, 0.15) is 23.2 Å². The molecule has 6 aliphatic rings. The molecule has 4 bridgehead atoms. The van der Waals surface area contributed by atoms with Crippen molar-refractivity contribution in [2.75, 3.05) is 20.7 Å². The second kappa shape index (κ2) is 5.18. The molecule has 0 amide bonds. The van der Waals surface area contributed by atoms with Crippen molar-refractivity contribution in [3.63, 3.8) is 0 Å². The molecule has 1 N–H and O–H groups in total. The minimum atomic E-state index is -0.561. The van der Waals surface area contributed by atoms with Crippen LogP contribution in [-0.4, -0.2) is 54.2 Å². The summed E-state index contributed by atoms with van der Waals surface area (Å²) in [6.07, 6.45) is 4.76. The van der Waals surface area contributed by atoms with Crippen LogP contribution in [0.5, 0.6) is 5.75 Å². The van der Waals surface area contributed by atoms with Gasteiger partial charge in [0, 0.05) is 35.1 Å². The van der Waals surface area contributed by atoms with Gasteiger partial charge in [-0.3, -0.25) is 4.79 Å². The number of aliphatic hydroxyl groups excluding tert-OH is 1. The first-order chi connectivity index (χ1) is 13.4. The number of nitrogens with zero attached hydrogens (tertiary/aromatic N) is 1. The SMILES string of the molecule is CO[C@]12CC[C@@]3(C[C@@H]1C(C)=O)C1Cc4ccc(CO)c5c4[C@@]3(CCN1C)C2O5. The van der Waals surface area contributed by atoms with Crippen molar-refractivity contribution in [3.8, 4) is 5.75 Å². The minimum absolute atomic E-state index is 0.0160. The molecule has 0 aromatic heterocycles. The Balaban J connectivity index is 1.69. The predicted octanol–water partition coefficient (Wildman–Crippen LogP) is 2.21. The van der Waals surface area contributed by atoms with Crippen LogP contribution in [0.1, 0.15) is 49.3 Å². The third-order valence-corrected chi connectivity index (χ3v) is 9.39. The van der Waals surface area contributed by atoms with Crippen LogP contribution in [0.4, 0.5) is 0 Å². The summed E-state index contributed by atoms with van der Waals surface area (Å²) in [5.74, 6) is 1.00. The number of piperidine rings is 1. The molecule has 3 saturated carbocycles. The molecular formula is C23H29NO4. The van der Waals surface area contributed by atoms with Crippen molar-refractivity contribution >= 4 is 5.78 Å². The van der Waals surface area contributed by atoms with Crippen molar-refractivity contribution in [1.82, 2.24) is 4.90 Å². The Morgan fingerprint density at radius 1 is 1.36 bits per heavy atom. The summed E-state index contributed by atoms with van der Waals surface area (Å²) in [5, 5.41) is 10.0. The molecule has 1 aromatic rings. The number of rotatable bonds is 3. The number of likely N-dealkylation sites (N-methyl/N-ethyl adjacent to an activating group) is 1. The predicted molar refractivity (Wildman–Crippen MR) is 103 cm³/mol. The molecule has 28 heavy (non-hydrogen) atoms. The van der Waals surface area contributed by atoms with Gasteiger partial charge in [-0.15, -0.1) is 0 Å². The lowest BCUT2D eigenvalue weighted by molar-refractivity contribution is -0.270. The van der Waals surface area contributed by atoms with Gasteiger partial charge in [0.2, 0.25) is 0 Å². The number of benzene rings is 1. The number of hydrogen-bond donors (Lipinski definition) is 1. The number of ether oxygens (including phenoxy) is 2. The zero-order chi connectivity index (χ0) is 19.5. The average Bonchev–Trinajstić information content (AvgIpc) is 3.07. The molecule has 5 nitrogen and oxygen atoms in total. The summed E-state index contributed by atoms with van der Waals surface area (Å²) in [7, 11) is 4.01. The van der Waals surface area contributed by atoms with Crippen molar-refractivity contribution in [2.24, 2.45) is 11.3 Å². The lowest BCUT2D eigenvalue weighted by Crippen LogP contribution is -2.81. The van der Waals surface area contributed by atoms with Gasteiger partial charge in [-0.05, 0) is 58.2 Å². The third kappa shape index (κ3) is 1.56. The Bertz CT molecular complexity index is 899. The number of carbonyl (C=O) groups excluding carboxylic acids is 1. The zero-order valence-corrected chi connectivity index (χ0v) is 17.0. The second-order valence-corrected chi connectivity index (χ2v) is 9.85. The molecule has 2 aliphatic heterocycles. The quantitative estimate of drug-likeness (QED) is 0.867. The van der Waals surface area contributed by atoms with Gasteiger partial charge in [0.05, 0.1) is 12.5 Å². The van der Waals surface area contributed by atoms with E-state index in [1.807, 2.05) is 6.07 Å². The molecule has 2 heterocycles. The topological polar surface area (TPSA) is 59.0 Å². The molecular weight excluding hydrogens is 354 g/mol. The van der Waals surface area contributed by atoms with E-state index in [9.17, 15) is 9.90 Å². The molecule has 0 radical (unpaired) electrons. The van der Waals surface area contributed by atoms with E-state index in [0.29, 0.717) is 6.04 Å². The maximum Gasteiger partial charge on any atom is 0.139 e. The van der Waals surface area contributed by atoms with Gasteiger partial charge in [0.15, 0.2) is 0 Å². The summed E-state index contributed by atoms with van der Waals surface area (Å²) >= 11 is 0. The maximum absolute atomic E-state index is 12.8. The number of aliphatic hydroxyl groups is 1. The smallest absolute Gasteiger partial charge is 0.139 e. The molecule has 2 unspecified atom stereocenters. The van der Waals surface area contributed by atoms with E-state index in [0.717, 1.165) is 50.0 Å². The van der Waals surface area contributed by atoms with E-state index >= 15 is 0 Å². The number of carbonyl (C=O) groups is 1. The van der Waals surface area contributed by atoms with Gasteiger partial charge in [-0.1, -0.05) is 12.1 Å². The van der Waals surface area contributed by atoms with E-state index in [1.54, 1.807) is 14.0 Å². The number of hydrogen-bond acceptors (Lipinski definition) is 5. The van der Waals surface area contributed by atoms with Gasteiger partial charge in [-0.2, -0.15) is 0 Å². The first kappa shape index (κ1) is 17.4. The third-order valence-electron chi connectivity index (χ3n) is 9.39. The van der Waals surface area contributed by atoms with E-state index in [1.165, 1.54) is 11.1 Å². The molecule has 6 atom stereocenters. The fourth-order valence-corrected chi connectivity index (χ4v) is 8.35. The molecule has 2 spiro atoms. The number of likely N-dealkylation sites (tertiary alicyclic amines) is 1. The van der Waals surface area contributed by atoms with Gasteiger partial charge in [-0.25, -0.2) is 0 Å². The van der Waals surface area contributed by atoms with Crippen LogP contribution in [0.3, 0.4) is 0 Å². The van der Waals surface area contributed by atoms with Gasteiger partial charge in [0.25, 0.3) is 0 Å². The monoisotopic (exact) mass is 383 g/mol. The highest BCUT2D eigenvalue weighted by Crippen LogP contribution is 2.76. The lowest BCUT2D eigenvalue weighted by atomic mass is 9.34. The summed E-state index contributed by atoms with van der Waals surface area (Å²) in [4.78, 5) is 15.4. The second-order valence-electron chi connectivity index (χ2n) is 9.85. The minimum Gasteiger partial charge on any atom is -0.486 e. The summed E-state index contributed by atoms with van der Waals surface area (Å²) < 4.78 is 13.0. The molecule has 4 aliphatic carbocycles. The lowest BCUT2D eigenvalue weighted by Gasteiger charge is -2.73. The standard InChI is InChI=1S/C23H29NO4/c1-13(26)16-11-21-6-7-23(16,27-3)20-22(21)8-9-24(2)17(21)10-14-4-5-15(12-25)19(28-20)18(14)22/h4-5,16-17,20,25H,6-12H2,1-3H3/t16-,17?,20?,21-,22+,23-/m1/s1. The Hall–Kier alpha value is -1.43. The highest BCUT2D eigenvalue weighted by Gasteiger charge is 2.80. The zero-order valence-electron chi connectivity index (χ0n) is 17.0. The Morgan fingerprint density at radius 3 is 2.89 bits per heavy atom. The average molecular weight is 383 g/mol. The number of fused-ring (bicyclic) bond motifs is 2. The van der Waals surface area contributed by atoms with Crippen LogP contribution in [0.2, 0.25) is 0 Å². The Morgan fingerprint density at radius 2 is 2.18 bits per heavy atom. The number of ketones is 1. The summed E-state index contributed by atoms with van der Waals surface area (Å²) in [6, 6.07) is 4.67. The van der Waals surface area contributed by atoms with Crippen LogP contribution >= 0.6 is 0 Å². The van der Waals surface area contributed by atoms with Crippen LogP contribution in [0.15, 0.2) is 12.1 Å². The van der Waals surface area contributed by atoms with Crippen molar-refractivity contribution < 1.29 is 19.4 Å². The number of methoxy groups -OCH3 is 1. The summed E-state index contributed by atoms with van der Waals surface area (Å²) in [5.41, 5.74) is 2.98. The van der Waals surface area contributed by atoms with Gasteiger partial charge >= 0.3 is 0 Å². The first-order valence-corrected chi connectivity index (χ1v) is 10.6. The molecule has 4 fully saturated rings. The van der Waals surface area contributed by atoms with Crippen molar-refractivity contribution in [3.05, 3.63) is 28.8 Å². The van der Waals surface area contributed by atoms with Crippen molar-refractivity contribution in [1.29, 1.82) is 0 Å². The van der Waals surface area contributed by atoms with E-state index < -0.39 is 5.60 Å². The highest BCUT2D eigenvalue weighted by molar-refractivity contribution is 5.81. The fraction of sp³-hybridized carbons (Fsp3) is 0.696. The Labute approximate surface area is 166 Å². The van der Waals surface area contributed by atoms with Crippen LogP contribution in [0.25, 0.3) is 0 Å². The Kier molecular flexibility index (Phi) is 3.23. The molecule has 1 saturated heterocycles. The van der Waals surface area contributed by atoms with Crippen LogP contribution < -0.4 is 4.74 Å². The molecule has 5 heteroatoms. The van der Waals surface area contributed by atoms with E-state index in [4.69, 9.17) is 9.47 Å². The van der Waals surface area contributed by atoms with E-state index in [-0.39, 0.29) is 35.2 Å². The molecule has 1 aromatic carbocycles. The largest absolute Gasteiger partial charge is 0.486 e. The first-order valence-electron chi connectivity index (χ1n) is 10.6. The molecule has 150 valence electrons. The maximum atomic E-state index is 12.8. The van der Waals surface area contributed by atoms with Gasteiger partial charge < -0.3 is 19.5 Å². The number of Topliss-reactive ketones (excluding diaryl/α,β-unsaturated/α-hetero) is 1. The normalized spacial score (nSPS) is 44.9. The molecule has 7 rings (SSSR count).